The van der Waals surface area contributed by atoms with Gasteiger partial charge in [-0.05, 0) is 56.6 Å². The molecular weight excluding hydrogens is 366 g/mol. The fourth-order valence-electron chi connectivity index (χ4n) is 3.78. The fourth-order valence-corrected chi connectivity index (χ4v) is 3.78. The molecule has 0 spiro atoms. The van der Waals surface area contributed by atoms with E-state index in [1.165, 1.54) is 0 Å². The van der Waals surface area contributed by atoms with Crippen LogP contribution in [0.3, 0.4) is 0 Å². The average Bonchev–Trinajstić information content (AvgIpc) is 3.55. The van der Waals surface area contributed by atoms with Gasteiger partial charge in [-0.3, -0.25) is 14.4 Å². The Kier molecular flexibility index (Phi) is 6.93. The Labute approximate surface area is 173 Å². The third-order valence-corrected chi connectivity index (χ3v) is 5.82. The van der Waals surface area contributed by atoms with Crippen LogP contribution in [0.5, 0.6) is 0 Å². The van der Waals surface area contributed by atoms with E-state index in [1.54, 1.807) is 12.1 Å². The number of benzene rings is 1. The summed E-state index contributed by atoms with van der Waals surface area (Å²) in [4.78, 5) is 39.9. The van der Waals surface area contributed by atoms with E-state index in [4.69, 9.17) is 0 Å². The maximum Gasteiger partial charge on any atom is 0.251 e. The first-order chi connectivity index (χ1) is 13.8. The predicted octanol–water partition coefficient (Wildman–Crippen LogP) is 2.51. The molecule has 6 heteroatoms. The summed E-state index contributed by atoms with van der Waals surface area (Å²) in [5.74, 6) is 0.480. The number of nitrogens with zero attached hydrogens (tertiary/aromatic N) is 1. The molecule has 1 heterocycles. The zero-order valence-corrected chi connectivity index (χ0v) is 17.7. The minimum Gasteiger partial charge on any atom is -0.354 e. The number of likely N-dealkylation sites (tertiary alicyclic amines) is 1. The summed E-state index contributed by atoms with van der Waals surface area (Å²) >= 11 is 0. The van der Waals surface area contributed by atoms with E-state index < -0.39 is 6.04 Å². The number of aryl methyl sites for hydroxylation is 1. The Bertz CT molecular complexity index is 732. The number of hydrogen-bond donors (Lipinski definition) is 2. The van der Waals surface area contributed by atoms with Gasteiger partial charge in [0.05, 0.1) is 0 Å². The quantitative estimate of drug-likeness (QED) is 0.739. The highest BCUT2D eigenvalue weighted by molar-refractivity contribution is 5.97. The van der Waals surface area contributed by atoms with Gasteiger partial charge in [-0.2, -0.15) is 0 Å². The molecule has 1 aliphatic heterocycles. The van der Waals surface area contributed by atoms with E-state index in [-0.39, 0.29) is 29.6 Å². The Morgan fingerprint density at radius 3 is 2.21 bits per heavy atom. The highest BCUT2D eigenvalue weighted by atomic mass is 16.2. The molecular formula is C23H33N3O3. The molecule has 1 saturated carbocycles. The van der Waals surface area contributed by atoms with Crippen LogP contribution in [0.1, 0.15) is 55.5 Å². The second kappa shape index (κ2) is 9.42. The molecule has 0 radical (unpaired) electrons. The molecule has 1 atom stereocenters. The molecule has 2 N–H and O–H groups in total. The van der Waals surface area contributed by atoms with Crippen molar-refractivity contribution in [2.45, 2.75) is 52.5 Å². The van der Waals surface area contributed by atoms with Crippen molar-refractivity contribution in [1.29, 1.82) is 0 Å². The number of carbonyl (C=O) groups excluding carboxylic acids is 3. The molecule has 2 fully saturated rings. The number of amides is 3. The zero-order valence-electron chi connectivity index (χ0n) is 17.7. The smallest absolute Gasteiger partial charge is 0.251 e. The van der Waals surface area contributed by atoms with Gasteiger partial charge in [0.2, 0.25) is 11.8 Å². The minimum absolute atomic E-state index is 0.0276. The molecule has 0 unspecified atom stereocenters. The van der Waals surface area contributed by atoms with Crippen LogP contribution < -0.4 is 10.6 Å². The predicted molar refractivity (Wildman–Crippen MR) is 112 cm³/mol. The molecule has 3 rings (SSSR count). The number of piperidine rings is 1. The third kappa shape index (κ3) is 5.81. The molecule has 1 aliphatic carbocycles. The summed E-state index contributed by atoms with van der Waals surface area (Å²) in [5, 5.41) is 5.94. The van der Waals surface area contributed by atoms with E-state index in [9.17, 15) is 14.4 Å². The molecule has 3 amide bonds. The van der Waals surface area contributed by atoms with Crippen molar-refractivity contribution < 1.29 is 14.4 Å². The first-order valence-corrected chi connectivity index (χ1v) is 10.8. The zero-order chi connectivity index (χ0) is 21.0. The molecule has 1 saturated heterocycles. The number of nitrogens with one attached hydrogen (secondary N) is 2. The van der Waals surface area contributed by atoms with Crippen molar-refractivity contribution >= 4 is 17.7 Å². The van der Waals surface area contributed by atoms with E-state index in [0.717, 1.165) is 31.2 Å². The molecule has 0 bridgehead atoms. The monoisotopic (exact) mass is 399 g/mol. The van der Waals surface area contributed by atoms with Gasteiger partial charge in [-0.15, -0.1) is 0 Å². The molecule has 1 aromatic rings. The van der Waals surface area contributed by atoms with Gasteiger partial charge in [0.25, 0.3) is 5.91 Å². The summed E-state index contributed by atoms with van der Waals surface area (Å²) in [6, 6.07) is 6.77. The van der Waals surface area contributed by atoms with Crippen LogP contribution in [0.15, 0.2) is 24.3 Å². The van der Waals surface area contributed by atoms with Crippen LogP contribution in [0.4, 0.5) is 0 Å². The van der Waals surface area contributed by atoms with Crippen LogP contribution in [-0.4, -0.2) is 48.3 Å². The first kappa shape index (κ1) is 21.3. The summed E-state index contributed by atoms with van der Waals surface area (Å²) in [7, 11) is 0. The highest BCUT2D eigenvalue weighted by Gasteiger charge is 2.38. The topological polar surface area (TPSA) is 78.5 Å². The van der Waals surface area contributed by atoms with Gasteiger partial charge in [0, 0.05) is 31.1 Å². The van der Waals surface area contributed by atoms with Gasteiger partial charge < -0.3 is 15.5 Å². The summed E-state index contributed by atoms with van der Waals surface area (Å²) < 4.78 is 0. The number of rotatable bonds is 7. The lowest BCUT2D eigenvalue weighted by Crippen LogP contribution is -2.54. The second-order valence-corrected chi connectivity index (χ2v) is 8.89. The van der Waals surface area contributed by atoms with Crippen LogP contribution in [0.2, 0.25) is 0 Å². The Balaban J connectivity index is 1.65. The van der Waals surface area contributed by atoms with Crippen LogP contribution in [0, 0.1) is 24.7 Å². The van der Waals surface area contributed by atoms with Crippen molar-refractivity contribution in [2.75, 3.05) is 19.6 Å². The van der Waals surface area contributed by atoms with E-state index in [2.05, 4.69) is 10.6 Å². The van der Waals surface area contributed by atoms with Crippen molar-refractivity contribution in [1.82, 2.24) is 15.5 Å². The van der Waals surface area contributed by atoms with Crippen molar-refractivity contribution in [3.8, 4) is 0 Å². The summed E-state index contributed by atoms with van der Waals surface area (Å²) in [5.41, 5.74) is 1.64. The lowest BCUT2D eigenvalue weighted by molar-refractivity contribution is -0.134. The van der Waals surface area contributed by atoms with E-state index in [1.807, 2.05) is 37.8 Å². The maximum absolute atomic E-state index is 12.9. The second-order valence-electron chi connectivity index (χ2n) is 8.89. The van der Waals surface area contributed by atoms with Gasteiger partial charge in [0.1, 0.15) is 6.04 Å². The van der Waals surface area contributed by atoms with Crippen molar-refractivity contribution in [3.63, 3.8) is 0 Å². The molecule has 2 aliphatic rings. The normalized spacial score (nSPS) is 18.4. The van der Waals surface area contributed by atoms with Crippen LogP contribution in [0.25, 0.3) is 0 Å². The molecule has 1 aromatic carbocycles. The maximum atomic E-state index is 12.9. The summed E-state index contributed by atoms with van der Waals surface area (Å²) in [6.45, 7) is 7.96. The Hall–Kier alpha value is -2.37. The highest BCUT2D eigenvalue weighted by Crippen LogP contribution is 2.33. The average molecular weight is 400 g/mol. The van der Waals surface area contributed by atoms with Crippen molar-refractivity contribution in [3.05, 3.63) is 35.4 Å². The van der Waals surface area contributed by atoms with E-state index >= 15 is 0 Å². The van der Waals surface area contributed by atoms with E-state index in [0.29, 0.717) is 31.1 Å². The molecule has 158 valence electrons. The van der Waals surface area contributed by atoms with Gasteiger partial charge in [-0.1, -0.05) is 31.5 Å². The summed E-state index contributed by atoms with van der Waals surface area (Å²) in [6.07, 6.45) is 3.47. The van der Waals surface area contributed by atoms with Gasteiger partial charge in [0.15, 0.2) is 0 Å². The largest absolute Gasteiger partial charge is 0.354 e. The third-order valence-electron chi connectivity index (χ3n) is 5.82. The SMILES string of the molecule is Cc1ccc(C(=O)N[C@@H](C(=O)NCC(C)C)C2CCN(C(=O)C3CC3)CC2)cc1. The Morgan fingerprint density at radius 1 is 1.03 bits per heavy atom. The first-order valence-electron chi connectivity index (χ1n) is 10.8. The van der Waals surface area contributed by atoms with Crippen LogP contribution in [-0.2, 0) is 9.59 Å². The van der Waals surface area contributed by atoms with Crippen LogP contribution >= 0.6 is 0 Å². The fraction of sp³-hybridized carbons (Fsp3) is 0.609. The Morgan fingerprint density at radius 2 is 1.66 bits per heavy atom. The molecule has 29 heavy (non-hydrogen) atoms. The van der Waals surface area contributed by atoms with Crippen molar-refractivity contribution in [2.24, 2.45) is 17.8 Å². The van der Waals surface area contributed by atoms with Gasteiger partial charge >= 0.3 is 0 Å². The standard InChI is InChI=1S/C23H33N3O3/c1-15(2)14-24-22(28)20(25-21(27)18-6-4-16(3)5-7-18)17-10-12-26(13-11-17)23(29)19-8-9-19/h4-7,15,17,19-20H,8-14H2,1-3H3,(H,24,28)(H,25,27)/t20-/m1/s1. The minimum atomic E-state index is -0.583. The lowest BCUT2D eigenvalue weighted by Gasteiger charge is -2.36. The molecule has 6 nitrogen and oxygen atoms in total. The number of hydrogen-bond acceptors (Lipinski definition) is 3. The molecule has 0 aromatic heterocycles. The lowest BCUT2D eigenvalue weighted by atomic mass is 9.88. The number of carbonyl (C=O) groups is 3. The van der Waals surface area contributed by atoms with Gasteiger partial charge in [-0.25, -0.2) is 0 Å².